The van der Waals surface area contributed by atoms with Gasteiger partial charge in [0.15, 0.2) is 5.16 Å². The number of likely N-dealkylation sites (N-methyl/N-ethyl adjacent to an activating group) is 1. The van der Waals surface area contributed by atoms with Gasteiger partial charge in [-0.3, -0.25) is 9.36 Å². The molecular weight excluding hydrogens is 547 g/mol. The summed E-state index contributed by atoms with van der Waals surface area (Å²) in [5.74, 6) is 1.38. The van der Waals surface area contributed by atoms with Crippen molar-refractivity contribution in [1.29, 1.82) is 0 Å². The molecule has 0 atom stereocenters. The lowest BCUT2D eigenvalue weighted by Gasteiger charge is -2.33. The monoisotopic (exact) mass is 572 g/mol. The quantitative estimate of drug-likeness (QED) is 0.252. The van der Waals surface area contributed by atoms with Crippen LogP contribution in [-0.2, 0) is 12.2 Å². The average Bonchev–Trinajstić information content (AvgIpc) is 3.56. The van der Waals surface area contributed by atoms with E-state index in [0.717, 1.165) is 60.0 Å². The smallest absolute Gasteiger partial charge is 0.273 e. The van der Waals surface area contributed by atoms with Gasteiger partial charge in [0.1, 0.15) is 16.5 Å². The molecule has 0 saturated carbocycles. The Hall–Kier alpha value is -2.43. The Labute approximate surface area is 234 Å². The first-order valence-electron chi connectivity index (χ1n) is 12.0. The number of carbonyl (C=O) groups is 1. The number of nitrogens with zero attached hydrogens (tertiary/aromatic N) is 6. The minimum atomic E-state index is 0.00683. The van der Waals surface area contributed by atoms with Gasteiger partial charge < -0.3 is 9.80 Å². The largest absolute Gasteiger partial charge is 0.335 e. The van der Waals surface area contributed by atoms with Gasteiger partial charge in [-0.05, 0) is 30.3 Å². The van der Waals surface area contributed by atoms with E-state index in [2.05, 4.69) is 39.1 Å². The van der Waals surface area contributed by atoms with Crippen LogP contribution in [0, 0.1) is 0 Å². The van der Waals surface area contributed by atoms with Crippen molar-refractivity contribution < 1.29 is 4.79 Å². The summed E-state index contributed by atoms with van der Waals surface area (Å²) in [6.07, 6.45) is 0.621. The Bertz CT molecular complexity index is 1370. The Morgan fingerprint density at radius 3 is 2.54 bits per heavy atom. The first kappa shape index (κ1) is 26.2. The summed E-state index contributed by atoms with van der Waals surface area (Å²) in [4.78, 5) is 21.8. The molecule has 4 aromatic rings. The van der Waals surface area contributed by atoms with Gasteiger partial charge in [0, 0.05) is 38.0 Å². The normalized spacial score (nSPS) is 14.3. The van der Waals surface area contributed by atoms with Crippen LogP contribution in [0.3, 0.4) is 0 Å². The molecule has 2 aromatic heterocycles. The van der Waals surface area contributed by atoms with Crippen LogP contribution in [0.1, 0.15) is 33.8 Å². The van der Waals surface area contributed by atoms with Crippen LogP contribution in [0.15, 0.2) is 59.1 Å². The predicted octanol–water partition coefficient (Wildman–Crippen LogP) is 5.69. The maximum absolute atomic E-state index is 13.0. The fraction of sp³-hybridized carbons (Fsp3) is 0.308. The van der Waals surface area contributed by atoms with Crippen LogP contribution < -0.4 is 0 Å². The third kappa shape index (κ3) is 6.18. The molecule has 0 spiro atoms. The van der Waals surface area contributed by atoms with Gasteiger partial charge in [0.05, 0.1) is 21.5 Å². The van der Waals surface area contributed by atoms with Gasteiger partial charge in [-0.15, -0.1) is 21.5 Å². The topological polar surface area (TPSA) is 67.2 Å². The van der Waals surface area contributed by atoms with Crippen LogP contribution in [0.5, 0.6) is 0 Å². The minimum absolute atomic E-state index is 0.00683. The molecule has 11 heteroatoms. The van der Waals surface area contributed by atoms with Crippen molar-refractivity contribution in [3.8, 4) is 5.69 Å². The molecule has 0 unspecified atom stereocenters. The highest BCUT2D eigenvalue weighted by Gasteiger charge is 2.23. The van der Waals surface area contributed by atoms with Gasteiger partial charge in [0.2, 0.25) is 0 Å². The van der Waals surface area contributed by atoms with Gasteiger partial charge in [0.25, 0.3) is 5.91 Å². The van der Waals surface area contributed by atoms with Crippen molar-refractivity contribution in [2.45, 2.75) is 24.3 Å². The number of hydrogen-bond donors (Lipinski definition) is 0. The third-order valence-corrected chi connectivity index (χ3v) is 8.98. The zero-order valence-electron chi connectivity index (χ0n) is 20.3. The van der Waals surface area contributed by atoms with E-state index in [1.807, 2.05) is 45.2 Å². The maximum atomic E-state index is 13.0. The summed E-state index contributed by atoms with van der Waals surface area (Å²) < 4.78 is 2.01. The number of rotatable bonds is 8. The number of carbonyl (C=O) groups excluding carboxylic acids is 1. The Kier molecular flexibility index (Phi) is 8.46. The lowest BCUT2D eigenvalue weighted by atomic mass is 10.1. The molecule has 1 fully saturated rings. The molecule has 1 amide bonds. The second kappa shape index (κ2) is 12.0. The van der Waals surface area contributed by atoms with Gasteiger partial charge in [-0.2, -0.15) is 0 Å². The fourth-order valence-electron chi connectivity index (χ4n) is 4.20. The van der Waals surface area contributed by atoms with Crippen LogP contribution in [0.2, 0.25) is 10.0 Å². The summed E-state index contributed by atoms with van der Waals surface area (Å²) in [5.41, 5.74) is 2.49. The van der Waals surface area contributed by atoms with E-state index in [0.29, 0.717) is 27.9 Å². The molecule has 2 aromatic carbocycles. The number of thiazole rings is 1. The molecular formula is C26H26Cl2N6OS2. The molecule has 1 aliphatic rings. The first-order chi connectivity index (χ1) is 18.0. The standard InChI is InChI=1S/C26H26Cl2N6OS2/c1-2-32-10-12-33(13-11-32)25(35)22-16-36-24(29-22)17-37-26-31-30-23(14-18-6-4-3-5-7-18)34(26)19-8-9-20(27)21(28)15-19/h3-9,15-16H,2,10-14,17H2,1H3. The molecule has 0 bridgehead atoms. The predicted molar refractivity (Wildman–Crippen MR) is 150 cm³/mol. The second-order valence-corrected chi connectivity index (χ2v) is 11.3. The van der Waals surface area contributed by atoms with Crippen molar-refractivity contribution in [2.24, 2.45) is 0 Å². The van der Waals surface area contributed by atoms with E-state index in [-0.39, 0.29) is 5.91 Å². The van der Waals surface area contributed by atoms with Crippen molar-refractivity contribution in [3.05, 3.63) is 86.0 Å². The van der Waals surface area contributed by atoms with E-state index in [1.54, 1.807) is 6.07 Å². The highest BCUT2D eigenvalue weighted by Crippen LogP contribution is 2.30. The molecule has 37 heavy (non-hydrogen) atoms. The van der Waals surface area contributed by atoms with Gasteiger partial charge in [-0.1, -0.05) is 72.2 Å². The van der Waals surface area contributed by atoms with Gasteiger partial charge in [-0.25, -0.2) is 4.98 Å². The summed E-state index contributed by atoms with van der Waals surface area (Å²) >= 11 is 15.5. The molecule has 0 N–H and O–H groups in total. The number of aromatic nitrogens is 4. The van der Waals surface area contributed by atoms with Gasteiger partial charge >= 0.3 is 0 Å². The van der Waals surface area contributed by atoms with E-state index >= 15 is 0 Å². The number of hydrogen-bond acceptors (Lipinski definition) is 7. The molecule has 1 saturated heterocycles. The van der Waals surface area contributed by atoms with Crippen LogP contribution in [0.4, 0.5) is 0 Å². The van der Waals surface area contributed by atoms with E-state index < -0.39 is 0 Å². The van der Waals surface area contributed by atoms with Crippen molar-refractivity contribution in [2.75, 3.05) is 32.7 Å². The van der Waals surface area contributed by atoms with Crippen molar-refractivity contribution in [3.63, 3.8) is 0 Å². The summed E-state index contributed by atoms with van der Waals surface area (Å²) in [5, 5.41) is 13.4. The zero-order valence-corrected chi connectivity index (χ0v) is 23.5. The SMILES string of the molecule is CCN1CCN(C(=O)c2csc(CSc3nnc(Cc4ccccc4)n3-c3ccc(Cl)c(Cl)c3)n2)CC1. The molecule has 0 radical (unpaired) electrons. The Balaban J connectivity index is 1.33. The number of benzene rings is 2. The number of amides is 1. The molecule has 7 nitrogen and oxygen atoms in total. The number of piperazine rings is 1. The molecule has 0 aliphatic carbocycles. The summed E-state index contributed by atoms with van der Waals surface area (Å²) in [6, 6.07) is 15.7. The molecule has 3 heterocycles. The first-order valence-corrected chi connectivity index (χ1v) is 14.7. The summed E-state index contributed by atoms with van der Waals surface area (Å²) in [7, 11) is 0. The Morgan fingerprint density at radius 1 is 1.03 bits per heavy atom. The van der Waals surface area contributed by atoms with E-state index in [1.165, 1.54) is 23.1 Å². The second-order valence-electron chi connectivity index (χ2n) is 8.64. The van der Waals surface area contributed by atoms with E-state index in [9.17, 15) is 4.79 Å². The lowest BCUT2D eigenvalue weighted by molar-refractivity contribution is 0.0638. The molecule has 1 aliphatic heterocycles. The fourth-order valence-corrected chi connectivity index (χ4v) is 6.25. The zero-order chi connectivity index (χ0) is 25.8. The maximum Gasteiger partial charge on any atom is 0.273 e. The van der Waals surface area contributed by atoms with Crippen molar-refractivity contribution >= 4 is 52.2 Å². The highest BCUT2D eigenvalue weighted by molar-refractivity contribution is 7.98. The third-order valence-electron chi connectivity index (χ3n) is 6.27. The van der Waals surface area contributed by atoms with Crippen LogP contribution in [-0.4, -0.2) is 68.2 Å². The Morgan fingerprint density at radius 2 is 1.81 bits per heavy atom. The minimum Gasteiger partial charge on any atom is -0.335 e. The van der Waals surface area contributed by atoms with E-state index in [4.69, 9.17) is 23.2 Å². The number of halogens is 2. The summed E-state index contributed by atoms with van der Waals surface area (Å²) in [6.45, 7) is 6.46. The van der Waals surface area contributed by atoms with Crippen LogP contribution in [0.25, 0.3) is 5.69 Å². The van der Waals surface area contributed by atoms with Crippen molar-refractivity contribution in [1.82, 2.24) is 29.5 Å². The average molecular weight is 574 g/mol. The lowest BCUT2D eigenvalue weighted by Crippen LogP contribution is -2.48. The van der Waals surface area contributed by atoms with Crippen LogP contribution >= 0.6 is 46.3 Å². The molecule has 5 rings (SSSR count). The molecule has 192 valence electrons. The number of thioether (sulfide) groups is 1. The highest BCUT2D eigenvalue weighted by atomic mass is 35.5.